The third kappa shape index (κ3) is 4.29. The Morgan fingerprint density at radius 2 is 1.70 bits per heavy atom. The van der Waals surface area contributed by atoms with Crippen LogP contribution < -0.4 is 5.32 Å². The van der Waals surface area contributed by atoms with E-state index in [1.165, 1.54) is 10.5 Å². The van der Waals surface area contributed by atoms with Crippen LogP contribution in [0.2, 0.25) is 0 Å². The molecule has 0 unspecified atom stereocenters. The summed E-state index contributed by atoms with van der Waals surface area (Å²) in [5.41, 5.74) is 3.11. The van der Waals surface area contributed by atoms with Crippen LogP contribution in [0.15, 0.2) is 47.4 Å². The van der Waals surface area contributed by atoms with Gasteiger partial charge in [0.05, 0.1) is 0 Å². The SMILES string of the molecule is Cc1cc(CNCCSc2ccccc2)cc(C)c1O. The third-order valence-corrected chi connectivity index (χ3v) is 4.18. The molecule has 0 fully saturated rings. The quantitative estimate of drug-likeness (QED) is 0.624. The number of hydrogen-bond acceptors (Lipinski definition) is 3. The van der Waals surface area contributed by atoms with Crippen LogP contribution in [0, 0.1) is 13.8 Å². The molecule has 0 spiro atoms. The predicted octanol–water partition coefficient (Wildman–Crippen LogP) is 3.89. The molecule has 0 aromatic heterocycles. The summed E-state index contributed by atoms with van der Waals surface area (Å²) in [5.74, 6) is 1.47. The lowest BCUT2D eigenvalue weighted by Crippen LogP contribution is -2.16. The van der Waals surface area contributed by atoms with Crippen LogP contribution >= 0.6 is 11.8 Å². The smallest absolute Gasteiger partial charge is 0.121 e. The largest absolute Gasteiger partial charge is 0.507 e. The molecule has 0 aliphatic carbocycles. The lowest BCUT2D eigenvalue weighted by molar-refractivity contribution is 0.466. The second-order valence-corrected chi connectivity index (χ2v) is 6.08. The molecule has 2 nitrogen and oxygen atoms in total. The van der Waals surface area contributed by atoms with Crippen LogP contribution in [0.5, 0.6) is 5.75 Å². The van der Waals surface area contributed by atoms with Crippen LogP contribution in [-0.2, 0) is 6.54 Å². The summed E-state index contributed by atoms with van der Waals surface area (Å²) in [7, 11) is 0. The first-order chi connectivity index (χ1) is 9.66. The average Bonchev–Trinajstić information content (AvgIpc) is 2.45. The van der Waals surface area contributed by atoms with E-state index < -0.39 is 0 Å². The lowest BCUT2D eigenvalue weighted by atomic mass is 10.1. The van der Waals surface area contributed by atoms with Crippen molar-refractivity contribution >= 4 is 11.8 Å². The van der Waals surface area contributed by atoms with Gasteiger partial charge >= 0.3 is 0 Å². The number of phenols is 1. The second-order valence-electron chi connectivity index (χ2n) is 4.92. The number of hydrogen-bond donors (Lipinski definition) is 2. The summed E-state index contributed by atoms with van der Waals surface area (Å²) < 4.78 is 0. The van der Waals surface area contributed by atoms with E-state index >= 15 is 0 Å². The minimum atomic E-state index is 0.411. The molecule has 2 rings (SSSR count). The molecular formula is C17H21NOS. The summed E-state index contributed by atoms with van der Waals surface area (Å²) in [6.07, 6.45) is 0. The standard InChI is InChI=1S/C17H21NOS/c1-13-10-15(11-14(2)17(13)19)12-18-8-9-20-16-6-4-3-5-7-16/h3-7,10-11,18-19H,8-9,12H2,1-2H3. The van der Waals surface area contributed by atoms with Gasteiger partial charge in [0.15, 0.2) is 0 Å². The lowest BCUT2D eigenvalue weighted by Gasteiger charge is -2.09. The summed E-state index contributed by atoms with van der Waals surface area (Å²) in [4.78, 5) is 1.31. The van der Waals surface area contributed by atoms with E-state index in [1.807, 2.05) is 43.8 Å². The van der Waals surface area contributed by atoms with E-state index in [-0.39, 0.29) is 0 Å². The number of rotatable bonds is 6. The van der Waals surface area contributed by atoms with Crippen LogP contribution in [0.4, 0.5) is 0 Å². The van der Waals surface area contributed by atoms with Gasteiger partial charge in [-0.1, -0.05) is 30.3 Å². The highest BCUT2D eigenvalue weighted by Gasteiger charge is 2.03. The highest BCUT2D eigenvalue weighted by molar-refractivity contribution is 7.99. The molecule has 0 amide bonds. The third-order valence-electron chi connectivity index (χ3n) is 3.17. The van der Waals surface area contributed by atoms with Crippen molar-refractivity contribution in [3.05, 3.63) is 59.2 Å². The van der Waals surface area contributed by atoms with Gasteiger partial charge in [-0.3, -0.25) is 0 Å². The average molecular weight is 287 g/mol. The van der Waals surface area contributed by atoms with Gasteiger partial charge in [0, 0.05) is 23.7 Å². The van der Waals surface area contributed by atoms with E-state index in [0.717, 1.165) is 30.0 Å². The predicted molar refractivity (Wildman–Crippen MR) is 86.5 cm³/mol. The highest BCUT2D eigenvalue weighted by Crippen LogP contribution is 2.22. The molecule has 0 radical (unpaired) electrons. The molecule has 20 heavy (non-hydrogen) atoms. The molecule has 2 aromatic rings. The minimum absolute atomic E-state index is 0.411. The zero-order chi connectivity index (χ0) is 14.4. The van der Waals surface area contributed by atoms with Crippen molar-refractivity contribution in [3.8, 4) is 5.75 Å². The van der Waals surface area contributed by atoms with Gasteiger partial charge < -0.3 is 10.4 Å². The first-order valence-electron chi connectivity index (χ1n) is 6.84. The van der Waals surface area contributed by atoms with Gasteiger partial charge in [0.2, 0.25) is 0 Å². The number of thioether (sulfide) groups is 1. The van der Waals surface area contributed by atoms with Gasteiger partial charge in [-0.15, -0.1) is 11.8 Å². The number of aromatic hydroxyl groups is 1. The van der Waals surface area contributed by atoms with Crippen LogP contribution in [0.3, 0.4) is 0 Å². The van der Waals surface area contributed by atoms with Crippen LogP contribution in [0.1, 0.15) is 16.7 Å². The van der Waals surface area contributed by atoms with E-state index in [9.17, 15) is 5.11 Å². The Bertz CT molecular complexity index is 531. The van der Waals surface area contributed by atoms with Crippen molar-refractivity contribution in [3.63, 3.8) is 0 Å². The Hall–Kier alpha value is -1.45. The molecule has 0 atom stereocenters. The summed E-state index contributed by atoms with van der Waals surface area (Å²) in [5, 5.41) is 13.2. The van der Waals surface area contributed by atoms with Crippen molar-refractivity contribution in [2.45, 2.75) is 25.3 Å². The van der Waals surface area contributed by atoms with E-state index in [1.54, 1.807) is 0 Å². The first-order valence-corrected chi connectivity index (χ1v) is 7.83. The zero-order valence-corrected chi connectivity index (χ0v) is 12.8. The molecule has 0 bridgehead atoms. The molecule has 2 N–H and O–H groups in total. The van der Waals surface area contributed by atoms with Crippen molar-refractivity contribution in [1.29, 1.82) is 0 Å². The number of phenolic OH excluding ortho intramolecular Hbond substituents is 1. The fourth-order valence-electron chi connectivity index (χ4n) is 2.14. The second kappa shape index (κ2) is 7.36. The molecule has 0 heterocycles. The Balaban J connectivity index is 1.74. The van der Waals surface area contributed by atoms with Gasteiger partial charge in [-0.05, 0) is 42.7 Å². The van der Waals surface area contributed by atoms with Gasteiger partial charge in [-0.25, -0.2) is 0 Å². The first kappa shape index (κ1) is 14.9. The topological polar surface area (TPSA) is 32.3 Å². The molecule has 0 saturated carbocycles. The van der Waals surface area contributed by atoms with Crippen molar-refractivity contribution in [1.82, 2.24) is 5.32 Å². The molecule has 0 aliphatic heterocycles. The Kier molecular flexibility index (Phi) is 5.50. The number of nitrogens with one attached hydrogen (secondary N) is 1. The summed E-state index contributed by atoms with van der Waals surface area (Å²) in [6, 6.07) is 14.5. The summed E-state index contributed by atoms with van der Waals surface area (Å²) in [6.45, 7) is 5.70. The maximum Gasteiger partial charge on any atom is 0.121 e. The maximum atomic E-state index is 9.74. The van der Waals surface area contributed by atoms with Crippen LogP contribution in [-0.4, -0.2) is 17.4 Å². The van der Waals surface area contributed by atoms with E-state index in [4.69, 9.17) is 0 Å². The highest BCUT2D eigenvalue weighted by atomic mass is 32.2. The van der Waals surface area contributed by atoms with Crippen molar-refractivity contribution in [2.24, 2.45) is 0 Å². The normalized spacial score (nSPS) is 10.7. The molecular weight excluding hydrogens is 266 g/mol. The van der Waals surface area contributed by atoms with Gasteiger partial charge in [-0.2, -0.15) is 0 Å². The zero-order valence-electron chi connectivity index (χ0n) is 12.0. The maximum absolute atomic E-state index is 9.74. The molecule has 2 aromatic carbocycles. The Morgan fingerprint density at radius 3 is 2.35 bits per heavy atom. The molecule has 106 valence electrons. The minimum Gasteiger partial charge on any atom is -0.507 e. The van der Waals surface area contributed by atoms with Crippen molar-refractivity contribution in [2.75, 3.05) is 12.3 Å². The fraction of sp³-hybridized carbons (Fsp3) is 0.294. The molecule has 0 saturated heterocycles. The molecule has 0 aliphatic rings. The van der Waals surface area contributed by atoms with Gasteiger partial charge in [0.25, 0.3) is 0 Å². The number of benzene rings is 2. The number of aryl methyl sites for hydroxylation is 2. The Morgan fingerprint density at radius 1 is 1.05 bits per heavy atom. The van der Waals surface area contributed by atoms with Crippen LogP contribution in [0.25, 0.3) is 0 Å². The molecule has 3 heteroatoms. The fourth-order valence-corrected chi connectivity index (χ4v) is 2.97. The van der Waals surface area contributed by atoms with E-state index in [0.29, 0.717) is 5.75 Å². The van der Waals surface area contributed by atoms with Gasteiger partial charge in [0.1, 0.15) is 5.75 Å². The summed E-state index contributed by atoms with van der Waals surface area (Å²) >= 11 is 1.86. The monoisotopic (exact) mass is 287 g/mol. The van der Waals surface area contributed by atoms with E-state index in [2.05, 4.69) is 29.6 Å². The Labute approximate surface area is 125 Å². The van der Waals surface area contributed by atoms with Crippen molar-refractivity contribution < 1.29 is 5.11 Å².